The van der Waals surface area contributed by atoms with E-state index in [1.807, 2.05) is 37.3 Å². The summed E-state index contributed by atoms with van der Waals surface area (Å²) >= 11 is 1.61. The summed E-state index contributed by atoms with van der Waals surface area (Å²) in [6, 6.07) is 9.99. The lowest BCUT2D eigenvalue weighted by atomic mass is 10.2. The first-order valence-electron chi connectivity index (χ1n) is 5.03. The summed E-state index contributed by atoms with van der Waals surface area (Å²) in [5.41, 5.74) is 6.33. The number of carbonyl (C=O) groups excluding carboxylic acids is 1. The van der Waals surface area contributed by atoms with Gasteiger partial charge in [-0.3, -0.25) is 4.79 Å². The Hall–Kier alpha value is -1.42. The molecule has 0 fully saturated rings. The second-order valence-corrected chi connectivity index (χ2v) is 4.60. The minimum Gasteiger partial charge on any atom is -0.483 e. The van der Waals surface area contributed by atoms with Crippen LogP contribution in [0.5, 0.6) is 0 Å². The Morgan fingerprint density at radius 1 is 1.44 bits per heavy atom. The molecule has 1 aromatic rings. The van der Waals surface area contributed by atoms with E-state index in [0.717, 1.165) is 16.2 Å². The molecule has 1 aromatic carbocycles. The van der Waals surface area contributed by atoms with Gasteiger partial charge in [-0.2, -0.15) is 0 Å². The van der Waals surface area contributed by atoms with Crippen LogP contribution in [0.15, 0.2) is 36.1 Å². The topological polar surface area (TPSA) is 52.3 Å². The fraction of sp³-hybridized carbons (Fsp3) is 0.250. The Morgan fingerprint density at radius 3 is 2.69 bits per heavy atom. The minimum absolute atomic E-state index is 0.404. The standard InChI is InChI=1S/C12H13NO2S/c1-8-11(9-5-3-2-4-6-9)16-7-10(15-8)12(13)14/h2-6,10H,7H2,1H3,(H2,13,14). The van der Waals surface area contributed by atoms with Gasteiger partial charge in [0.1, 0.15) is 5.76 Å². The summed E-state index contributed by atoms with van der Waals surface area (Å²) in [4.78, 5) is 12.1. The average Bonchev–Trinajstić information content (AvgIpc) is 2.30. The number of hydrogen-bond donors (Lipinski definition) is 1. The third-order valence-electron chi connectivity index (χ3n) is 2.37. The van der Waals surface area contributed by atoms with Crippen molar-refractivity contribution in [3.05, 3.63) is 41.7 Å². The van der Waals surface area contributed by atoms with Crippen LogP contribution in [0.3, 0.4) is 0 Å². The van der Waals surface area contributed by atoms with E-state index in [-0.39, 0.29) is 0 Å². The predicted molar refractivity (Wildman–Crippen MR) is 65.6 cm³/mol. The van der Waals surface area contributed by atoms with Crippen molar-refractivity contribution in [2.24, 2.45) is 5.73 Å². The van der Waals surface area contributed by atoms with Crippen LogP contribution in [0.1, 0.15) is 12.5 Å². The van der Waals surface area contributed by atoms with Crippen molar-refractivity contribution < 1.29 is 9.53 Å². The summed E-state index contributed by atoms with van der Waals surface area (Å²) in [6.45, 7) is 1.87. The van der Waals surface area contributed by atoms with E-state index in [0.29, 0.717) is 5.75 Å². The highest BCUT2D eigenvalue weighted by Gasteiger charge is 2.25. The molecule has 0 aliphatic carbocycles. The normalized spacial score (nSPS) is 20.4. The summed E-state index contributed by atoms with van der Waals surface area (Å²) < 4.78 is 5.50. The van der Waals surface area contributed by atoms with Gasteiger partial charge < -0.3 is 10.5 Å². The SMILES string of the molecule is CC1=C(c2ccccc2)SCC(C(N)=O)O1. The molecule has 0 radical (unpaired) electrons. The van der Waals surface area contributed by atoms with Crippen LogP contribution in [-0.2, 0) is 9.53 Å². The molecule has 0 saturated carbocycles. The molecule has 1 aliphatic heterocycles. The van der Waals surface area contributed by atoms with Gasteiger partial charge in [-0.05, 0) is 12.5 Å². The Balaban J connectivity index is 2.24. The molecule has 0 aromatic heterocycles. The first-order valence-corrected chi connectivity index (χ1v) is 6.02. The van der Waals surface area contributed by atoms with Gasteiger partial charge in [0.15, 0.2) is 6.10 Å². The molecule has 1 amide bonds. The number of allylic oxidation sites excluding steroid dienone is 1. The molecule has 0 saturated heterocycles. The Labute approximate surface area is 98.7 Å². The van der Waals surface area contributed by atoms with E-state index >= 15 is 0 Å². The largest absolute Gasteiger partial charge is 0.483 e. The molecule has 1 atom stereocenters. The van der Waals surface area contributed by atoms with Crippen LogP contribution in [0.25, 0.3) is 4.91 Å². The van der Waals surface area contributed by atoms with Crippen molar-refractivity contribution >= 4 is 22.6 Å². The van der Waals surface area contributed by atoms with E-state index in [1.54, 1.807) is 11.8 Å². The number of rotatable bonds is 2. The molecule has 4 heteroatoms. The third kappa shape index (κ3) is 2.22. The van der Waals surface area contributed by atoms with Gasteiger partial charge in [0.05, 0.1) is 4.91 Å². The van der Waals surface area contributed by atoms with Crippen LogP contribution in [0, 0.1) is 0 Å². The highest BCUT2D eigenvalue weighted by molar-refractivity contribution is 8.08. The molecular weight excluding hydrogens is 222 g/mol. The van der Waals surface area contributed by atoms with Crippen molar-refractivity contribution in [3.8, 4) is 0 Å². The number of carbonyl (C=O) groups is 1. The van der Waals surface area contributed by atoms with Gasteiger partial charge in [-0.15, -0.1) is 11.8 Å². The number of ether oxygens (including phenoxy) is 1. The molecule has 1 heterocycles. The highest BCUT2D eigenvalue weighted by atomic mass is 32.2. The maximum absolute atomic E-state index is 11.0. The van der Waals surface area contributed by atoms with Gasteiger partial charge in [0.2, 0.25) is 0 Å². The van der Waals surface area contributed by atoms with Crippen LogP contribution in [-0.4, -0.2) is 17.8 Å². The quantitative estimate of drug-likeness (QED) is 0.853. The molecular formula is C12H13NO2S. The van der Waals surface area contributed by atoms with Crippen LogP contribution < -0.4 is 5.73 Å². The van der Waals surface area contributed by atoms with Crippen molar-refractivity contribution in [2.45, 2.75) is 13.0 Å². The zero-order valence-electron chi connectivity index (χ0n) is 8.97. The molecule has 0 spiro atoms. The number of amides is 1. The zero-order chi connectivity index (χ0) is 11.5. The smallest absolute Gasteiger partial charge is 0.259 e. The third-order valence-corrected chi connectivity index (χ3v) is 3.65. The van der Waals surface area contributed by atoms with E-state index in [4.69, 9.17) is 10.5 Å². The van der Waals surface area contributed by atoms with Crippen molar-refractivity contribution in [3.63, 3.8) is 0 Å². The lowest BCUT2D eigenvalue weighted by Gasteiger charge is -2.24. The number of benzene rings is 1. The maximum atomic E-state index is 11.0. The molecule has 2 rings (SSSR count). The van der Waals surface area contributed by atoms with Gasteiger partial charge in [-0.25, -0.2) is 0 Å². The second-order valence-electron chi connectivity index (χ2n) is 3.57. The van der Waals surface area contributed by atoms with E-state index in [9.17, 15) is 4.79 Å². The Bertz CT molecular complexity index is 428. The highest BCUT2D eigenvalue weighted by Crippen LogP contribution is 2.36. The van der Waals surface area contributed by atoms with E-state index in [2.05, 4.69) is 0 Å². The molecule has 3 nitrogen and oxygen atoms in total. The number of thioether (sulfide) groups is 1. The number of primary amides is 1. The average molecular weight is 235 g/mol. The lowest BCUT2D eigenvalue weighted by molar-refractivity contribution is -0.125. The van der Waals surface area contributed by atoms with Crippen molar-refractivity contribution in [1.82, 2.24) is 0 Å². The van der Waals surface area contributed by atoms with Crippen LogP contribution in [0.2, 0.25) is 0 Å². The van der Waals surface area contributed by atoms with Crippen LogP contribution in [0.4, 0.5) is 0 Å². The fourth-order valence-electron chi connectivity index (χ4n) is 1.58. The van der Waals surface area contributed by atoms with E-state index < -0.39 is 12.0 Å². The van der Waals surface area contributed by atoms with Crippen LogP contribution >= 0.6 is 11.8 Å². The predicted octanol–water partition coefficient (Wildman–Crippen LogP) is 1.99. The summed E-state index contributed by atoms with van der Waals surface area (Å²) in [6.07, 6.45) is -0.502. The van der Waals surface area contributed by atoms with Gasteiger partial charge in [0, 0.05) is 5.75 Å². The van der Waals surface area contributed by atoms with Crippen molar-refractivity contribution in [2.75, 3.05) is 5.75 Å². The molecule has 0 bridgehead atoms. The van der Waals surface area contributed by atoms with Crippen molar-refractivity contribution in [1.29, 1.82) is 0 Å². The molecule has 1 aliphatic rings. The first-order chi connectivity index (χ1) is 7.68. The Morgan fingerprint density at radius 2 is 2.12 bits per heavy atom. The maximum Gasteiger partial charge on any atom is 0.259 e. The number of hydrogen-bond acceptors (Lipinski definition) is 3. The molecule has 2 N–H and O–H groups in total. The molecule has 16 heavy (non-hydrogen) atoms. The summed E-state index contributed by atoms with van der Waals surface area (Å²) in [5.74, 6) is 0.946. The monoisotopic (exact) mass is 235 g/mol. The summed E-state index contributed by atoms with van der Waals surface area (Å²) in [7, 11) is 0. The minimum atomic E-state index is -0.502. The number of nitrogens with two attached hydrogens (primary N) is 1. The Kier molecular flexibility index (Phi) is 3.19. The van der Waals surface area contributed by atoms with E-state index in [1.165, 1.54) is 0 Å². The molecule has 84 valence electrons. The fourth-order valence-corrected chi connectivity index (χ4v) is 2.68. The van der Waals surface area contributed by atoms with Gasteiger partial charge in [-0.1, -0.05) is 30.3 Å². The van der Waals surface area contributed by atoms with Gasteiger partial charge >= 0.3 is 0 Å². The van der Waals surface area contributed by atoms with Gasteiger partial charge in [0.25, 0.3) is 5.91 Å². The summed E-state index contributed by atoms with van der Waals surface area (Å²) in [5, 5.41) is 0. The first kappa shape index (κ1) is 11.1. The zero-order valence-corrected chi connectivity index (χ0v) is 9.79. The second kappa shape index (κ2) is 4.61. The lowest BCUT2D eigenvalue weighted by Crippen LogP contribution is -2.34. The molecule has 1 unspecified atom stereocenters.